The third-order valence-corrected chi connectivity index (χ3v) is 4.86. The molecule has 0 unspecified atom stereocenters. The molecule has 1 nitrogen and oxygen atoms in total. The van der Waals surface area contributed by atoms with E-state index in [0.717, 1.165) is 24.5 Å². The van der Waals surface area contributed by atoms with E-state index in [4.69, 9.17) is 0 Å². The van der Waals surface area contributed by atoms with Gasteiger partial charge >= 0.3 is 0 Å². The van der Waals surface area contributed by atoms with Gasteiger partial charge in [0.2, 0.25) is 0 Å². The van der Waals surface area contributed by atoms with Crippen LogP contribution in [-0.2, 0) is 17.6 Å². The highest BCUT2D eigenvalue weighted by atomic mass is 32.2. The predicted molar refractivity (Wildman–Crippen MR) is 95.1 cm³/mol. The topological polar surface area (TPSA) is 17.1 Å². The van der Waals surface area contributed by atoms with Gasteiger partial charge in [0.05, 0.1) is 0 Å². The molecule has 0 saturated heterocycles. The van der Waals surface area contributed by atoms with Crippen molar-refractivity contribution in [2.75, 3.05) is 5.75 Å². The number of aryl methyl sites for hydroxylation is 1. The number of rotatable bonds is 9. The number of Topliss-reactive ketones (excluding diaryl/α,β-unsaturated/α-hetero) is 1. The summed E-state index contributed by atoms with van der Waals surface area (Å²) in [6, 6.07) is 9.07. The molecule has 0 heterocycles. The number of hydrogen-bond acceptors (Lipinski definition) is 2. The third-order valence-electron chi connectivity index (χ3n) is 3.44. The zero-order chi connectivity index (χ0) is 15.9. The van der Waals surface area contributed by atoms with Crippen molar-refractivity contribution in [3.63, 3.8) is 0 Å². The van der Waals surface area contributed by atoms with E-state index < -0.39 is 0 Å². The molecule has 1 rings (SSSR count). The number of hydrogen-bond donors (Lipinski definition) is 0. The van der Waals surface area contributed by atoms with Gasteiger partial charge in [0, 0.05) is 11.2 Å². The Morgan fingerprint density at radius 1 is 1.14 bits per heavy atom. The van der Waals surface area contributed by atoms with Crippen LogP contribution in [0.3, 0.4) is 0 Å². The lowest BCUT2D eigenvalue weighted by molar-refractivity contribution is -0.117. The molecular weight excluding hydrogens is 276 g/mol. The van der Waals surface area contributed by atoms with E-state index in [-0.39, 0.29) is 10.5 Å². The van der Waals surface area contributed by atoms with Gasteiger partial charge in [0.1, 0.15) is 5.78 Å². The lowest BCUT2D eigenvalue weighted by Crippen LogP contribution is -2.19. The van der Waals surface area contributed by atoms with Crippen LogP contribution in [0.25, 0.3) is 0 Å². The minimum Gasteiger partial charge on any atom is -0.300 e. The number of thioether (sulfide) groups is 1. The molecule has 0 amide bonds. The smallest absolute Gasteiger partial charge is 0.131 e. The maximum absolute atomic E-state index is 11.2. The Labute approximate surface area is 134 Å². The van der Waals surface area contributed by atoms with Crippen molar-refractivity contribution in [3.05, 3.63) is 35.4 Å². The van der Waals surface area contributed by atoms with Crippen molar-refractivity contribution >= 4 is 17.5 Å². The summed E-state index contributed by atoms with van der Waals surface area (Å²) in [6.07, 6.45) is 4.14. The Morgan fingerprint density at radius 2 is 1.71 bits per heavy atom. The summed E-state index contributed by atoms with van der Waals surface area (Å²) in [5.41, 5.74) is 2.86. The van der Waals surface area contributed by atoms with Gasteiger partial charge in [0.15, 0.2) is 0 Å². The average molecular weight is 307 g/mol. The van der Waals surface area contributed by atoms with Gasteiger partial charge in [-0.05, 0) is 49.0 Å². The Bertz CT molecular complexity index is 431. The van der Waals surface area contributed by atoms with Crippen molar-refractivity contribution < 1.29 is 4.79 Å². The molecule has 0 bridgehead atoms. The summed E-state index contributed by atoms with van der Waals surface area (Å²) in [4.78, 5) is 11.2. The van der Waals surface area contributed by atoms with E-state index in [1.165, 1.54) is 17.5 Å². The molecule has 1 aromatic carbocycles. The molecule has 0 aliphatic rings. The number of carbonyl (C=O) groups excluding carboxylic acids is 1. The second kappa shape index (κ2) is 8.63. The van der Waals surface area contributed by atoms with Crippen molar-refractivity contribution in [1.29, 1.82) is 0 Å². The van der Waals surface area contributed by atoms with Crippen molar-refractivity contribution in [2.24, 2.45) is 5.92 Å². The van der Waals surface area contributed by atoms with Crippen LogP contribution in [0.2, 0.25) is 0 Å². The zero-order valence-electron chi connectivity index (χ0n) is 14.2. The fourth-order valence-corrected chi connectivity index (χ4v) is 3.74. The van der Waals surface area contributed by atoms with Crippen LogP contribution in [0.1, 0.15) is 58.6 Å². The normalized spacial score (nSPS) is 11.9. The molecule has 1 aromatic rings. The van der Waals surface area contributed by atoms with E-state index in [9.17, 15) is 4.79 Å². The fraction of sp³-hybridized carbons (Fsp3) is 0.632. The minimum atomic E-state index is 0.0763. The number of benzene rings is 1. The molecule has 118 valence electrons. The lowest BCUT2D eigenvalue weighted by atomic mass is 10.0. The summed E-state index contributed by atoms with van der Waals surface area (Å²) in [6.45, 7) is 10.5. The molecule has 0 fully saturated rings. The zero-order valence-corrected chi connectivity index (χ0v) is 15.1. The molecule has 0 aromatic heterocycles. The van der Waals surface area contributed by atoms with Gasteiger partial charge in [0.25, 0.3) is 0 Å². The third kappa shape index (κ3) is 8.31. The molecule has 0 aliphatic carbocycles. The SMILES string of the molecule is CC(=O)CC(C)(C)SCCCc1ccc(CC(C)C)cc1. The Kier molecular flexibility index (Phi) is 7.51. The van der Waals surface area contributed by atoms with Gasteiger partial charge in [-0.25, -0.2) is 0 Å². The summed E-state index contributed by atoms with van der Waals surface area (Å²) in [5.74, 6) is 2.12. The summed E-state index contributed by atoms with van der Waals surface area (Å²) in [5, 5.41) is 0. The largest absolute Gasteiger partial charge is 0.300 e. The molecule has 0 radical (unpaired) electrons. The average Bonchev–Trinajstić information content (AvgIpc) is 2.34. The van der Waals surface area contributed by atoms with Gasteiger partial charge < -0.3 is 0 Å². The first-order valence-electron chi connectivity index (χ1n) is 8.00. The second-order valence-electron chi connectivity index (χ2n) is 7.00. The van der Waals surface area contributed by atoms with E-state index in [0.29, 0.717) is 6.42 Å². The highest BCUT2D eigenvalue weighted by Gasteiger charge is 2.19. The Hall–Kier alpha value is -0.760. The van der Waals surface area contributed by atoms with Gasteiger partial charge in [-0.15, -0.1) is 0 Å². The molecule has 2 heteroatoms. The highest BCUT2D eigenvalue weighted by Crippen LogP contribution is 2.29. The van der Waals surface area contributed by atoms with Crippen LogP contribution in [0.15, 0.2) is 24.3 Å². The van der Waals surface area contributed by atoms with E-state index in [1.54, 1.807) is 6.92 Å². The van der Waals surface area contributed by atoms with Crippen LogP contribution < -0.4 is 0 Å². The van der Waals surface area contributed by atoms with E-state index >= 15 is 0 Å². The van der Waals surface area contributed by atoms with Crippen LogP contribution in [0.4, 0.5) is 0 Å². The molecule has 0 spiro atoms. The van der Waals surface area contributed by atoms with Crippen LogP contribution in [0, 0.1) is 5.92 Å². The molecule has 0 aliphatic heterocycles. The monoisotopic (exact) mass is 306 g/mol. The standard InChI is InChI=1S/C19H30OS/c1-15(2)13-18-10-8-17(9-11-18)7-6-12-21-19(4,5)14-16(3)20/h8-11,15H,6-7,12-14H2,1-5H3. The van der Waals surface area contributed by atoms with Gasteiger partial charge in [-0.1, -0.05) is 52.0 Å². The molecule has 21 heavy (non-hydrogen) atoms. The number of ketones is 1. The molecule has 0 saturated carbocycles. The Morgan fingerprint density at radius 3 is 2.24 bits per heavy atom. The second-order valence-corrected chi connectivity index (χ2v) is 8.81. The molecule has 0 N–H and O–H groups in total. The van der Waals surface area contributed by atoms with Gasteiger partial charge in [-0.2, -0.15) is 11.8 Å². The summed E-state index contributed by atoms with van der Waals surface area (Å²) < 4.78 is 0.0763. The first kappa shape index (κ1) is 18.3. The van der Waals surface area contributed by atoms with E-state index in [1.807, 2.05) is 11.8 Å². The number of carbonyl (C=O) groups is 1. The van der Waals surface area contributed by atoms with E-state index in [2.05, 4.69) is 52.0 Å². The van der Waals surface area contributed by atoms with Crippen LogP contribution in [0.5, 0.6) is 0 Å². The summed E-state index contributed by atoms with van der Waals surface area (Å²) >= 11 is 1.92. The Balaban J connectivity index is 2.31. The maximum atomic E-state index is 11.2. The first-order valence-corrected chi connectivity index (χ1v) is 8.98. The summed E-state index contributed by atoms with van der Waals surface area (Å²) in [7, 11) is 0. The van der Waals surface area contributed by atoms with Crippen LogP contribution in [-0.4, -0.2) is 16.3 Å². The maximum Gasteiger partial charge on any atom is 0.131 e. The van der Waals surface area contributed by atoms with Gasteiger partial charge in [-0.3, -0.25) is 4.79 Å². The predicted octanol–water partition coefficient (Wildman–Crippen LogP) is 5.31. The quantitative estimate of drug-likeness (QED) is 0.575. The van der Waals surface area contributed by atoms with Crippen molar-refractivity contribution in [2.45, 2.75) is 65.0 Å². The lowest BCUT2D eigenvalue weighted by Gasteiger charge is -2.22. The molecule has 0 atom stereocenters. The first-order chi connectivity index (χ1) is 9.78. The fourth-order valence-electron chi connectivity index (χ4n) is 2.59. The molecular formula is C19H30OS. The van der Waals surface area contributed by atoms with Crippen molar-refractivity contribution in [1.82, 2.24) is 0 Å². The minimum absolute atomic E-state index is 0.0763. The highest BCUT2D eigenvalue weighted by molar-refractivity contribution is 8.00. The van der Waals surface area contributed by atoms with Crippen molar-refractivity contribution in [3.8, 4) is 0 Å². The van der Waals surface area contributed by atoms with Crippen LogP contribution >= 0.6 is 11.8 Å².